The second kappa shape index (κ2) is 6.04. The summed E-state index contributed by atoms with van der Waals surface area (Å²) in [5.41, 5.74) is -1.67. The van der Waals surface area contributed by atoms with Crippen LogP contribution in [0.4, 0.5) is 0 Å². The quantitative estimate of drug-likeness (QED) is 0.524. The Labute approximate surface area is 139 Å². The second-order valence-electron chi connectivity index (χ2n) is 2.76. The zero-order valence-electron chi connectivity index (χ0n) is 8.61. The minimum atomic E-state index is -4.78. The molecule has 1 radical (unpaired) electrons. The Balaban J connectivity index is 0.00000256. The molecule has 0 aliphatic heterocycles. The molecule has 0 spiro atoms. The van der Waals surface area contributed by atoms with Crippen molar-refractivity contribution in [3.8, 4) is 0 Å². The first-order valence-electron chi connectivity index (χ1n) is 3.82. The van der Waals surface area contributed by atoms with Crippen molar-refractivity contribution in [2.24, 2.45) is 0 Å². The summed E-state index contributed by atoms with van der Waals surface area (Å²) in [4.78, 5) is 20.5. The fraction of sp³-hybridized carbons (Fsp3) is 0. The van der Waals surface area contributed by atoms with E-state index < -0.39 is 38.1 Å². The summed E-state index contributed by atoms with van der Waals surface area (Å²) >= 11 is 0. The zero-order valence-corrected chi connectivity index (χ0v) is 12.6. The number of hydrogen-bond donors (Lipinski definition) is 3. The van der Waals surface area contributed by atoms with Crippen molar-refractivity contribution >= 4 is 73.4 Å². The average Bonchev–Trinajstić information content (AvgIpc) is 2.14. The van der Waals surface area contributed by atoms with Gasteiger partial charge in [0.1, 0.15) is 4.90 Å². The van der Waals surface area contributed by atoms with E-state index in [1.807, 2.05) is 0 Å². The van der Waals surface area contributed by atoms with Crippen LogP contribution in [0.25, 0.3) is 0 Å². The van der Waals surface area contributed by atoms with Crippen molar-refractivity contribution in [1.29, 1.82) is 0 Å². The summed E-state index contributed by atoms with van der Waals surface area (Å²) in [6, 6.07) is 2.77. The maximum atomic E-state index is 10.8. The molecule has 0 bridgehead atoms. The van der Waals surface area contributed by atoms with Gasteiger partial charge in [-0.1, -0.05) is 6.07 Å². The van der Waals surface area contributed by atoms with Crippen LogP contribution >= 0.6 is 0 Å². The normalized spacial score (nSPS) is 10.4. The van der Waals surface area contributed by atoms with Gasteiger partial charge in [-0.3, -0.25) is 4.55 Å². The predicted octanol–water partition coefficient (Wildman–Crippen LogP) is -0.0511. The van der Waals surface area contributed by atoms with Gasteiger partial charge in [0.15, 0.2) is 0 Å². The third-order valence-corrected chi connectivity index (χ3v) is 2.64. The Kier molecular flexibility index (Phi) is 5.94. The average molecular weight is 285 g/mol. The van der Waals surface area contributed by atoms with E-state index in [1.165, 1.54) is 0 Å². The molecule has 0 aliphatic carbocycles. The first kappa shape index (κ1) is 16.7. The van der Waals surface area contributed by atoms with Crippen LogP contribution in [0.1, 0.15) is 20.7 Å². The van der Waals surface area contributed by atoms with Gasteiger partial charge in [-0.25, -0.2) is 9.59 Å². The van der Waals surface area contributed by atoms with E-state index in [4.69, 9.17) is 14.8 Å². The van der Waals surface area contributed by atoms with E-state index >= 15 is 0 Å². The maximum absolute atomic E-state index is 10.8. The minimum absolute atomic E-state index is 0. The van der Waals surface area contributed by atoms with Crippen molar-refractivity contribution in [3.63, 3.8) is 0 Å². The molecule has 7 nitrogen and oxygen atoms in total. The molecule has 17 heavy (non-hydrogen) atoms. The molecule has 87 valence electrons. The van der Waals surface area contributed by atoms with Gasteiger partial charge in [0.2, 0.25) is 0 Å². The molecule has 1 aromatic carbocycles. The molecule has 0 heterocycles. The van der Waals surface area contributed by atoms with Crippen molar-refractivity contribution in [3.05, 3.63) is 29.3 Å². The Morgan fingerprint density at radius 3 is 1.94 bits per heavy atom. The molecule has 0 aromatic heterocycles. The molecule has 3 N–H and O–H groups in total. The van der Waals surface area contributed by atoms with Crippen LogP contribution in [-0.4, -0.2) is 86.5 Å². The third-order valence-electron chi connectivity index (χ3n) is 1.75. The molecule has 0 atom stereocenters. The Morgan fingerprint density at radius 1 is 1.06 bits per heavy atom. The van der Waals surface area contributed by atoms with Gasteiger partial charge in [0.05, 0.1) is 11.1 Å². The summed E-state index contributed by atoms with van der Waals surface area (Å²) in [5.74, 6) is -3.34. The summed E-state index contributed by atoms with van der Waals surface area (Å²) in [6.07, 6.45) is 0. The van der Waals surface area contributed by atoms with Gasteiger partial charge in [0, 0.05) is 51.4 Å². The number of carboxylic acids is 2. The summed E-state index contributed by atoms with van der Waals surface area (Å²) in [6.45, 7) is 0. The predicted molar refractivity (Wildman–Crippen MR) is 55.9 cm³/mol. The van der Waals surface area contributed by atoms with Gasteiger partial charge in [0.25, 0.3) is 10.1 Å². The van der Waals surface area contributed by atoms with Crippen LogP contribution in [0.3, 0.4) is 0 Å². The molecule has 1 rings (SSSR count). The second-order valence-corrected chi connectivity index (χ2v) is 4.15. The third kappa shape index (κ3) is 3.84. The van der Waals surface area contributed by atoms with Crippen molar-refractivity contribution in [2.75, 3.05) is 0 Å². The number of rotatable bonds is 3. The van der Waals surface area contributed by atoms with Crippen LogP contribution in [0, 0.1) is 0 Å². The van der Waals surface area contributed by atoms with Crippen LogP contribution < -0.4 is 0 Å². The topological polar surface area (TPSA) is 129 Å². The standard InChI is InChI=1S/C8H6O7S.K/c9-7(10)4-2-1-3-5(16(13,14)15)6(4)8(11)12;/h1-3H,(H,9,10)(H,11,12)(H,13,14,15);. The molecule has 0 amide bonds. The van der Waals surface area contributed by atoms with E-state index in [0.717, 1.165) is 18.2 Å². The number of carbonyl (C=O) groups is 2. The van der Waals surface area contributed by atoms with E-state index in [9.17, 15) is 18.0 Å². The smallest absolute Gasteiger partial charge is 0.338 e. The van der Waals surface area contributed by atoms with E-state index in [0.29, 0.717) is 0 Å². The first-order valence-corrected chi connectivity index (χ1v) is 5.26. The number of aromatic carboxylic acids is 2. The molecule has 0 saturated heterocycles. The largest absolute Gasteiger partial charge is 0.478 e. The van der Waals surface area contributed by atoms with E-state index in [1.54, 1.807) is 0 Å². The van der Waals surface area contributed by atoms with Crippen LogP contribution in [0.2, 0.25) is 0 Å². The molecular formula is C8H6KO7S. The fourth-order valence-corrected chi connectivity index (χ4v) is 1.85. The number of hydrogen-bond acceptors (Lipinski definition) is 4. The SMILES string of the molecule is O=C(O)c1cccc(S(=O)(=O)O)c1C(=O)O.[K]. The van der Waals surface area contributed by atoms with Gasteiger partial charge in [-0.15, -0.1) is 0 Å². The molecule has 0 saturated carbocycles. The zero-order chi connectivity index (χ0) is 12.5. The summed E-state index contributed by atoms with van der Waals surface area (Å²) in [5, 5.41) is 17.4. The van der Waals surface area contributed by atoms with Crippen molar-refractivity contribution in [1.82, 2.24) is 0 Å². The Morgan fingerprint density at radius 2 is 1.59 bits per heavy atom. The van der Waals surface area contributed by atoms with E-state index in [2.05, 4.69) is 0 Å². The van der Waals surface area contributed by atoms with Gasteiger partial charge >= 0.3 is 11.9 Å². The summed E-state index contributed by atoms with van der Waals surface area (Å²) in [7, 11) is -4.78. The molecular weight excluding hydrogens is 279 g/mol. The number of benzene rings is 1. The Bertz CT molecular complexity index is 563. The molecule has 0 aliphatic rings. The minimum Gasteiger partial charge on any atom is -0.478 e. The van der Waals surface area contributed by atoms with Crippen LogP contribution in [0.15, 0.2) is 23.1 Å². The number of carboxylic acid groups (broad SMARTS) is 2. The molecule has 0 fully saturated rings. The molecule has 1 aromatic rings. The van der Waals surface area contributed by atoms with Gasteiger partial charge < -0.3 is 10.2 Å². The monoisotopic (exact) mass is 285 g/mol. The van der Waals surface area contributed by atoms with Crippen LogP contribution in [-0.2, 0) is 10.1 Å². The van der Waals surface area contributed by atoms with Crippen molar-refractivity contribution in [2.45, 2.75) is 4.90 Å². The molecule has 0 unspecified atom stereocenters. The van der Waals surface area contributed by atoms with Gasteiger partial charge in [-0.2, -0.15) is 8.42 Å². The molecule has 9 heteroatoms. The van der Waals surface area contributed by atoms with Crippen molar-refractivity contribution < 1.29 is 32.8 Å². The van der Waals surface area contributed by atoms with E-state index in [-0.39, 0.29) is 51.4 Å². The van der Waals surface area contributed by atoms with Crippen LogP contribution in [0.5, 0.6) is 0 Å². The fourth-order valence-electron chi connectivity index (χ4n) is 1.14. The summed E-state index contributed by atoms with van der Waals surface area (Å²) < 4.78 is 30.4. The maximum Gasteiger partial charge on any atom is 0.338 e. The Hall–Kier alpha value is -0.294. The first-order chi connectivity index (χ1) is 7.25. The van der Waals surface area contributed by atoms with Gasteiger partial charge in [-0.05, 0) is 12.1 Å².